The summed E-state index contributed by atoms with van der Waals surface area (Å²) in [5.41, 5.74) is 4.57. The molecule has 0 unspecified atom stereocenters. The first-order chi connectivity index (χ1) is 12.2. The van der Waals surface area contributed by atoms with Gasteiger partial charge in [0.25, 0.3) is 5.56 Å². The van der Waals surface area contributed by atoms with E-state index < -0.39 is 0 Å². The molecule has 0 atom stereocenters. The number of fused-ring (bicyclic) bond motifs is 1. The molecule has 2 aromatic heterocycles. The fourth-order valence-corrected chi connectivity index (χ4v) is 3.19. The van der Waals surface area contributed by atoms with Crippen molar-refractivity contribution < 1.29 is 0 Å². The Hall–Kier alpha value is -3.20. The van der Waals surface area contributed by atoms with Crippen LogP contribution in [0.15, 0.2) is 83.8 Å². The van der Waals surface area contributed by atoms with Crippen LogP contribution in [0.1, 0.15) is 11.1 Å². The molecule has 3 heteroatoms. The van der Waals surface area contributed by atoms with Crippen molar-refractivity contribution in [2.75, 3.05) is 0 Å². The number of aromatic nitrogens is 2. The molecule has 0 fully saturated rings. The summed E-state index contributed by atoms with van der Waals surface area (Å²) in [5.74, 6) is 0. The molecule has 0 saturated heterocycles. The van der Waals surface area contributed by atoms with Gasteiger partial charge in [-0.05, 0) is 41.8 Å². The lowest BCUT2D eigenvalue weighted by Gasteiger charge is -2.13. The zero-order chi connectivity index (χ0) is 17.2. The van der Waals surface area contributed by atoms with Gasteiger partial charge in [0, 0.05) is 17.1 Å². The number of pyridine rings is 2. The predicted octanol–water partition coefficient (Wildman–Crippen LogP) is 4.42. The SMILES string of the molecule is Cc1ccccc1-c1cc2cccnc2n(Cc2ccccc2)c1=O. The van der Waals surface area contributed by atoms with E-state index in [2.05, 4.69) is 4.98 Å². The zero-order valence-electron chi connectivity index (χ0n) is 14.0. The summed E-state index contributed by atoms with van der Waals surface area (Å²) < 4.78 is 1.77. The Labute approximate surface area is 146 Å². The van der Waals surface area contributed by atoms with E-state index in [0.29, 0.717) is 12.2 Å². The van der Waals surface area contributed by atoms with Gasteiger partial charge in [0.2, 0.25) is 0 Å². The molecule has 2 aromatic carbocycles. The van der Waals surface area contributed by atoms with Crippen molar-refractivity contribution >= 4 is 11.0 Å². The third-order valence-electron chi connectivity index (χ3n) is 4.47. The highest BCUT2D eigenvalue weighted by Crippen LogP contribution is 2.23. The third-order valence-corrected chi connectivity index (χ3v) is 4.47. The van der Waals surface area contributed by atoms with E-state index in [1.807, 2.05) is 79.7 Å². The molecule has 0 N–H and O–H groups in total. The summed E-state index contributed by atoms with van der Waals surface area (Å²) in [7, 11) is 0. The van der Waals surface area contributed by atoms with Crippen LogP contribution in [-0.2, 0) is 6.54 Å². The van der Waals surface area contributed by atoms with Gasteiger partial charge < -0.3 is 0 Å². The van der Waals surface area contributed by atoms with Gasteiger partial charge in [-0.2, -0.15) is 0 Å². The highest BCUT2D eigenvalue weighted by molar-refractivity contribution is 5.82. The highest BCUT2D eigenvalue weighted by Gasteiger charge is 2.13. The van der Waals surface area contributed by atoms with Gasteiger partial charge in [0.15, 0.2) is 0 Å². The monoisotopic (exact) mass is 326 g/mol. The van der Waals surface area contributed by atoms with Crippen LogP contribution in [0.4, 0.5) is 0 Å². The Morgan fingerprint density at radius 2 is 1.64 bits per heavy atom. The van der Waals surface area contributed by atoms with Crippen LogP contribution < -0.4 is 5.56 Å². The van der Waals surface area contributed by atoms with Crippen molar-refractivity contribution in [2.24, 2.45) is 0 Å². The number of benzene rings is 2. The molecule has 4 aromatic rings. The highest BCUT2D eigenvalue weighted by atomic mass is 16.1. The Bertz CT molecular complexity index is 1100. The van der Waals surface area contributed by atoms with Crippen LogP contribution in [0.25, 0.3) is 22.2 Å². The van der Waals surface area contributed by atoms with E-state index in [1.54, 1.807) is 10.8 Å². The van der Waals surface area contributed by atoms with Gasteiger partial charge in [0.05, 0.1) is 6.54 Å². The molecule has 0 bridgehead atoms. The van der Waals surface area contributed by atoms with Crippen molar-refractivity contribution in [3.05, 3.63) is 100 Å². The second-order valence-corrected chi connectivity index (χ2v) is 6.17. The molecule has 2 heterocycles. The molecule has 0 aliphatic heterocycles. The average Bonchev–Trinajstić information content (AvgIpc) is 2.65. The molecule has 122 valence electrons. The van der Waals surface area contributed by atoms with Crippen LogP contribution in [0, 0.1) is 6.92 Å². The second-order valence-electron chi connectivity index (χ2n) is 6.17. The molecule has 0 aliphatic rings. The van der Waals surface area contributed by atoms with Gasteiger partial charge in [-0.3, -0.25) is 9.36 Å². The molecular weight excluding hydrogens is 308 g/mol. The molecule has 0 amide bonds. The summed E-state index contributed by atoms with van der Waals surface area (Å²) in [6.07, 6.45) is 1.73. The molecule has 25 heavy (non-hydrogen) atoms. The Balaban J connectivity index is 1.99. The lowest BCUT2D eigenvalue weighted by Crippen LogP contribution is -2.23. The summed E-state index contributed by atoms with van der Waals surface area (Å²) in [6.45, 7) is 2.54. The number of rotatable bonds is 3. The maximum absolute atomic E-state index is 13.3. The quantitative estimate of drug-likeness (QED) is 0.558. The van der Waals surface area contributed by atoms with E-state index >= 15 is 0 Å². The van der Waals surface area contributed by atoms with Gasteiger partial charge in [-0.15, -0.1) is 0 Å². The van der Waals surface area contributed by atoms with Crippen LogP contribution >= 0.6 is 0 Å². The maximum Gasteiger partial charge on any atom is 0.260 e. The fraction of sp³-hybridized carbons (Fsp3) is 0.0909. The first-order valence-electron chi connectivity index (χ1n) is 8.32. The third kappa shape index (κ3) is 2.85. The number of hydrogen-bond acceptors (Lipinski definition) is 2. The van der Waals surface area contributed by atoms with Gasteiger partial charge in [0.1, 0.15) is 5.65 Å². The first-order valence-corrected chi connectivity index (χ1v) is 8.32. The van der Waals surface area contributed by atoms with Crippen molar-refractivity contribution in [3.8, 4) is 11.1 Å². The molecule has 0 aliphatic carbocycles. The summed E-state index contributed by atoms with van der Waals surface area (Å²) >= 11 is 0. The maximum atomic E-state index is 13.3. The van der Waals surface area contributed by atoms with E-state index in [0.717, 1.165) is 27.6 Å². The molecule has 0 radical (unpaired) electrons. The number of hydrogen-bond donors (Lipinski definition) is 0. The summed E-state index contributed by atoms with van der Waals surface area (Å²) in [5, 5.41) is 0.969. The Kier molecular flexibility index (Phi) is 3.90. The first kappa shape index (κ1) is 15.3. The Morgan fingerprint density at radius 3 is 2.44 bits per heavy atom. The summed E-state index contributed by atoms with van der Waals surface area (Å²) in [6, 6.07) is 23.9. The van der Waals surface area contributed by atoms with E-state index in [-0.39, 0.29) is 5.56 Å². The zero-order valence-corrected chi connectivity index (χ0v) is 14.0. The van der Waals surface area contributed by atoms with Gasteiger partial charge >= 0.3 is 0 Å². The lowest BCUT2D eigenvalue weighted by molar-refractivity contribution is 0.785. The largest absolute Gasteiger partial charge is 0.288 e. The Morgan fingerprint density at radius 1 is 0.880 bits per heavy atom. The van der Waals surface area contributed by atoms with E-state index in [9.17, 15) is 4.79 Å². The van der Waals surface area contributed by atoms with Crippen LogP contribution in [0.3, 0.4) is 0 Å². The van der Waals surface area contributed by atoms with Crippen molar-refractivity contribution in [1.29, 1.82) is 0 Å². The van der Waals surface area contributed by atoms with Crippen LogP contribution in [-0.4, -0.2) is 9.55 Å². The van der Waals surface area contributed by atoms with Crippen molar-refractivity contribution in [3.63, 3.8) is 0 Å². The normalized spacial score (nSPS) is 10.9. The van der Waals surface area contributed by atoms with Crippen molar-refractivity contribution in [2.45, 2.75) is 13.5 Å². The average molecular weight is 326 g/mol. The lowest BCUT2D eigenvalue weighted by atomic mass is 10.0. The van der Waals surface area contributed by atoms with Crippen LogP contribution in [0.2, 0.25) is 0 Å². The standard InChI is InChI=1S/C22H18N2O/c1-16-8-5-6-12-19(16)20-14-18-11-7-13-23-21(18)24(22(20)25)15-17-9-3-2-4-10-17/h2-14H,15H2,1H3. The number of aryl methyl sites for hydroxylation is 1. The molecule has 3 nitrogen and oxygen atoms in total. The minimum absolute atomic E-state index is 0.00986. The molecule has 0 spiro atoms. The van der Waals surface area contributed by atoms with Crippen molar-refractivity contribution in [1.82, 2.24) is 9.55 Å². The minimum atomic E-state index is -0.00986. The van der Waals surface area contributed by atoms with Gasteiger partial charge in [-0.1, -0.05) is 54.6 Å². The topological polar surface area (TPSA) is 34.9 Å². The smallest absolute Gasteiger partial charge is 0.260 e. The number of nitrogens with zero attached hydrogens (tertiary/aromatic N) is 2. The molecule has 4 rings (SSSR count). The molecule has 0 saturated carbocycles. The molecular formula is C22H18N2O. The fourth-order valence-electron chi connectivity index (χ4n) is 3.19. The second kappa shape index (κ2) is 6.36. The van der Waals surface area contributed by atoms with Gasteiger partial charge in [-0.25, -0.2) is 4.98 Å². The minimum Gasteiger partial charge on any atom is -0.288 e. The van der Waals surface area contributed by atoms with E-state index in [4.69, 9.17) is 0 Å². The van der Waals surface area contributed by atoms with E-state index in [1.165, 1.54) is 0 Å². The predicted molar refractivity (Wildman–Crippen MR) is 102 cm³/mol. The summed E-state index contributed by atoms with van der Waals surface area (Å²) in [4.78, 5) is 17.7. The van der Waals surface area contributed by atoms with Crippen LogP contribution in [0.5, 0.6) is 0 Å².